The molecular formula is C25H28O4S. The number of ether oxygens (including phenoxy) is 1. The lowest BCUT2D eigenvalue weighted by Crippen LogP contribution is -1.99. The second-order valence-electron chi connectivity index (χ2n) is 7.51. The van der Waals surface area contributed by atoms with Crippen LogP contribution >= 0.6 is 0 Å². The fourth-order valence-electron chi connectivity index (χ4n) is 3.71. The predicted octanol–water partition coefficient (Wildman–Crippen LogP) is 4.51. The molecule has 4 nitrogen and oxygen atoms in total. The van der Waals surface area contributed by atoms with Gasteiger partial charge < -0.3 is 9.84 Å². The lowest BCUT2D eigenvalue weighted by Gasteiger charge is -2.13. The molecule has 2 aromatic carbocycles. The van der Waals surface area contributed by atoms with Gasteiger partial charge in [0.1, 0.15) is 5.75 Å². The Balaban J connectivity index is 2.15. The van der Waals surface area contributed by atoms with Gasteiger partial charge in [0, 0.05) is 24.9 Å². The van der Waals surface area contributed by atoms with Crippen molar-refractivity contribution < 1.29 is 18.3 Å². The standard InChI is InChI=1S/C25H28O4S/c1-29-21-14-15-24-19(17-21)10-8-13-23(25(24)12-5-3-4-6-16-26)20-9-7-11-22(18-20)30(2,27)28/h7,9,11,14-15,17-18,26H,3-4,6,8,10,13,16H2,1-2H3. The zero-order valence-corrected chi connectivity index (χ0v) is 18.4. The average molecular weight is 425 g/mol. The molecule has 0 bridgehead atoms. The van der Waals surface area contributed by atoms with E-state index in [0.29, 0.717) is 11.3 Å². The van der Waals surface area contributed by atoms with Gasteiger partial charge in [-0.1, -0.05) is 24.0 Å². The third kappa shape index (κ3) is 5.33. The van der Waals surface area contributed by atoms with Crippen LogP contribution in [0.2, 0.25) is 0 Å². The SMILES string of the molecule is COc1ccc2c(c1)CCCC(c1cccc(S(C)(=O)=O)c1)=C2C#CCCCCO. The Hall–Kier alpha value is -2.55. The largest absolute Gasteiger partial charge is 0.497 e. The Kier molecular flexibility index (Phi) is 7.36. The maximum absolute atomic E-state index is 12.1. The number of hydrogen-bond acceptors (Lipinski definition) is 4. The van der Waals surface area contributed by atoms with Crippen molar-refractivity contribution >= 4 is 21.0 Å². The first-order valence-electron chi connectivity index (χ1n) is 10.2. The van der Waals surface area contributed by atoms with E-state index in [1.807, 2.05) is 12.1 Å². The van der Waals surface area contributed by atoms with Gasteiger partial charge in [0.2, 0.25) is 0 Å². The minimum absolute atomic E-state index is 0.177. The maximum Gasteiger partial charge on any atom is 0.175 e. The molecule has 0 unspecified atom stereocenters. The summed E-state index contributed by atoms with van der Waals surface area (Å²) in [6, 6.07) is 13.2. The van der Waals surface area contributed by atoms with E-state index in [1.165, 1.54) is 11.8 Å². The van der Waals surface area contributed by atoms with Gasteiger partial charge in [-0.15, -0.1) is 0 Å². The third-order valence-electron chi connectivity index (χ3n) is 5.29. The molecule has 1 aliphatic carbocycles. The van der Waals surface area contributed by atoms with Crippen LogP contribution in [0, 0.1) is 11.8 Å². The summed E-state index contributed by atoms with van der Waals surface area (Å²) in [5.41, 5.74) is 5.23. The Morgan fingerprint density at radius 3 is 2.67 bits per heavy atom. The van der Waals surface area contributed by atoms with Crippen LogP contribution in [-0.2, 0) is 16.3 Å². The van der Waals surface area contributed by atoms with Gasteiger partial charge in [-0.05, 0) is 84.7 Å². The highest BCUT2D eigenvalue weighted by Crippen LogP contribution is 2.37. The molecule has 0 spiro atoms. The van der Waals surface area contributed by atoms with Gasteiger partial charge in [0.05, 0.1) is 12.0 Å². The van der Waals surface area contributed by atoms with Crippen LogP contribution in [0.1, 0.15) is 48.8 Å². The van der Waals surface area contributed by atoms with E-state index >= 15 is 0 Å². The van der Waals surface area contributed by atoms with Crippen molar-refractivity contribution in [1.29, 1.82) is 0 Å². The van der Waals surface area contributed by atoms with Gasteiger partial charge in [-0.25, -0.2) is 8.42 Å². The second kappa shape index (κ2) is 9.97. The molecule has 0 aromatic heterocycles. The van der Waals surface area contributed by atoms with Gasteiger partial charge in [-0.2, -0.15) is 0 Å². The second-order valence-corrected chi connectivity index (χ2v) is 9.53. The number of rotatable bonds is 6. The fourth-order valence-corrected chi connectivity index (χ4v) is 4.38. The lowest BCUT2D eigenvalue weighted by molar-refractivity contribution is 0.285. The van der Waals surface area contributed by atoms with Crippen molar-refractivity contribution in [3.05, 3.63) is 59.2 Å². The summed E-state index contributed by atoms with van der Waals surface area (Å²) >= 11 is 0. The Morgan fingerprint density at radius 2 is 1.93 bits per heavy atom. The number of sulfone groups is 1. The summed E-state index contributed by atoms with van der Waals surface area (Å²) in [6.45, 7) is 0.177. The van der Waals surface area contributed by atoms with Crippen LogP contribution in [0.5, 0.6) is 5.75 Å². The molecule has 0 fully saturated rings. The third-order valence-corrected chi connectivity index (χ3v) is 6.40. The molecule has 0 saturated heterocycles. The molecule has 158 valence electrons. The van der Waals surface area contributed by atoms with E-state index in [1.54, 1.807) is 25.3 Å². The van der Waals surface area contributed by atoms with Crippen molar-refractivity contribution in [2.24, 2.45) is 0 Å². The van der Waals surface area contributed by atoms with Crippen molar-refractivity contribution in [3.8, 4) is 17.6 Å². The highest BCUT2D eigenvalue weighted by molar-refractivity contribution is 7.90. The molecule has 0 aliphatic heterocycles. The Morgan fingerprint density at radius 1 is 1.10 bits per heavy atom. The van der Waals surface area contributed by atoms with Gasteiger partial charge in [-0.3, -0.25) is 0 Å². The molecule has 30 heavy (non-hydrogen) atoms. The van der Waals surface area contributed by atoms with E-state index < -0.39 is 9.84 Å². The predicted molar refractivity (Wildman–Crippen MR) is 121 cm³/mol. The summed E-state index contributed by atoms with van der Waals surface area (Å²) in [5, 5.41) is 8.99. The normalized spacial score (nSPS) is 13.8. The van der Waals surface area contributed by atoms with Crippen molar-refractivity contribution in [3.63, 3.8) is 0 Å². The molecule has 0 radical (unpaired) electrons. The summed E-state index contributed by atoms with van der Waals surface area (Å²) in [7, 11) is -1.62. The van der Waals surface area contributed by atoms with E-state index in [2.05, 4.69) is 24.0 Å². The van der Waals surface area contributed by atoms with Crippen LogP contribution in [0.25, 0.3) is 11.1 Å². The molecule has 0 atom stereocenters. The molecule has 1 aliphatic rings. The number of allylic oxidation sites excluding steroid dienone is 2. The lowest BCUT2D eigenvalue weighted by atomic mass is 9.92. The van der Waals surface area contributed by atoms with Gasteiger partial charge in [0.25, 0.3) is 0 Å². The molecule has 1 N–H and O–H groups in total. The number of aryl methyl sites for hydroxylation is 1. The van der Waals surface area contributed by atoms with Crippen LogP contribution in [0.3, 0.4) is 0 Å². The summed E-state index contributed by atoms with van der Waals surface area (Å²) in [6.07, 6.45) is 6.23. The average Bonchev–Trinajstić information content (AvgIpc) is 2.92. The van der Waals surface area contributed by atoms with Crippen LogP contribution in [0.15, 0.2) is 47.4 Å². The molecular weight excluding hydrogens is 396 g/mol. The number of unbranched alkanes of at least 4 members (excludes halogenated alkanes) is 2. The first-order chi connectivity index (χ1) is 14.4. The highest BCUT2D eigenvalue weighted by Gasteiger charge is 2.19. The van der Waals surface area contributed by atoms with Crippen LogP contribution < -0.4 is 4.74 Å². The number of fused-ring (bicyclic) bond motifs is 1. The maximum atomic E-state index is 12.1. The first-order valence-corrected chi connectivity index (χ1v) is 12.1. The number of benzene rings is 2. The first kappa shape index (κ1) is 22.1. The highest BCUT2D eigenvalue weighted by atomic mass is 32.2. The number of hydrogen-bond donors (Lipinski definition) is 1. The van der Waals surface area contributed by atoms with E-state index in [4.69, 9.17) is 9.84 Å². The van der Waals surface area contributed by atoms with Crippen molar-refractivity contribution in [2.75, 3.05) is 20.0 Å². The molecule has 2 aromatic rings. The zero-order chi connectivity index (χ0) is 21.6. The number of aliphatic hydroxyl groups is 1. The van der Waals surface area contributed by atoms with Crippen LogP contribution in [0.4, 0.5) is 0 Å². The van der Waals surface area contributed by atoms with Gasteiger partial charge >= 0.3 is 0 Å². The molecule has 3 rings (SSSR count). The minimum atomic E-state index is -3.29. The Labute approximate surface area is 179 Å². The topological polar surface area (TPSA) is 63.6 Å². The van der Waals surface area contributed by atoms with E-state index in [9.17, 15) is 8.42 Å². The number of aliphatic hydroxyl groups excluding tert-OH is 1. The number of methoxy groups -OCH3 is 1. The molecule has 0 amide bonds. The molecule has 0 heterocycles. The Bertz CT molecular complexity index is 1100. The summed E-state index contributed by atoms with van der Waals surface area (Å²) in [5.74, 6) is 7.47. The smallest absolute Gasteiger partial charge is 0.175 e. The summed E-state index contributed by atoms with van der Waals surface area (Å²) in [4.78, 5) is 0.321. The quantitative estimate of drug-likeness (QED) is 0.547. The monoisotopic (exact) mass is 424 g/mol. The van der Waals surface area contributed by atoms with Crippen molar-refractivity contribution in [1.82, 2.24) is 0 Å². The van der Waals surface area contributed by atoms with Gasteiger partial charge in [0.15, 0.2) is 9.84 Å². The molecule has 5 heteroatoms. The van der Waals surface area contributed by atoms with E-state index in [0.717, 1.165) is 60.1 Å². The van der Waals surface area contributed by atoms with Crippen molar-refractivity contribution in [2.45, 2.75) is 43.4 Å². The molecule has 0 saturated carbocycles. The fraction of sp³-hybridized carbons (Fsp3) is 0.360. The van der Waals surface area contributed by atoms with Crippen LogP contribution in [-0.4, -0.2) is 33.5 Å². The minimum Gasteiger partial charge on any atom is -0.497 e. The summed E-state index contributed by atoms with van der Waals surface area (Å²) < 4.78 is 29.6. The zero-order valence-electron chi connectivity index (χ0n) is 17.6. The van der Waals surface area contributed by atoms with E-state index in [-0.39, 0.29) is 6.61 Å².